The van der Waals surface area contributed by atoms with Gasteiger partial charge in [-0.3, -0.25) is 4.79 Å². The largest absolute Gasteiger partial charge is 0.461 e. The maximum absolute atomic E-state index is 12.2. The quantitative estimate of drug-likeness (QED) is 0.766. The van der Waals surface area contributed by atoms with Crippen LogP contribution in [0, 0.1) is 11.3 Å². The molecule has 1 aromatic carbocycles. The Labute approximate surface area is 131 Å². The number of esters is 2. The van der Waals surface area contributed by atoms with Crippen molar-refractivity contribution in [2.75, 3.05) is 0 Å². The lowest BCUT2D eigenvalue weighted by atomic mass is 9.80. The number of rotatable bonds is 2. The van der Waals surface area contributed by atoms with Gasteiger partial charge in [-0.1, -0.05) is 12.1 Å². The molecule has 0 spiro atoms. The fourth-order valence-corrected chi connectivity index (χ4v) is 3.24. The SMILES string of the molecule is CC1(C)C(=O)O[C@@H]2CC(OC(=O)c3ccccc3Br)=C[C@@H]21. The van der Waals surface area contributed by atoms with Crippen molar-refractivity contribution in [2.45, 2.75) is 26.4 Å². The fourth-order valence-electron chi connectivity index (χ4n) is 2.79. The number of ether oxygens (including phenoxy) is 2. The molecule has 1 saturated heterocycles. The van der Waals surface area contributed by atoms with Crippen LogP contribution < -0.4 is 0 Å². The van der Waals surface area contributed by atoms with Crippen LogP contribution in [0.4, 0.5) is 0 Å². The summed E-state index contributed by atoms with van der Waals surface area (Å²) >= 11 is 3.33. The van der Waals surface area contributed by atoms with Crippen molar-refractivity contribution in [3.05, 3.63) is 46.1 Å². The van der Waals surface area contributed by atoms with Gasteiger partial charge in [-0.05, 0) is 48.0 Å². The topological polar surface area (TPSA) is 52.6 Å². The zero-order chi connectivity index (χ0) is 15.2. The second kappa shape index (κ2) is 4.98. The minimum atomic E-state index is -0.563. The summed E-state index contributed by atoms with van der Waals surface area (Å²) in [5.41, 5.74) is -0.0849. The highest BCUT2D eigenvalue weighted by Crippen LogP contribution is 2.46. The van der Waals surface area contributed by atoms with Crippen molar-refractivity contribution < 1.29 is 19.1 Å². The predicted octanol–water partition coefficient (Wildman–Crippen LogP) is 3.46. The van der Waals surface area contributed by atoms with Gasteiger partial charge in [0.05, 0.1) is 11.0 Å². The normalized spacial score (nSPS) is 26.0. The number of carbonyl (C=O) groups is 2. The molecule has 1 fully saturated rings. The van der Waals surface area contributed by atoms with Crippen molar-refractivity contribution in [1.29, 1.82) is 0 Å². The van der Waals surface area contributed by atoms with Gasteiger partial charge >= 0.3 is 11.9 Å². The molecular weight excluding hydrogens is 336 g/mol. The average Bonchev–Trinajstić information content (AvgIpc) is 2.90. The highest BCUT2D eigenvalue weighted by atomic mass is 79.9. The van der Waals surface area contributed by atoms with Crippen LogP contribution in [-0.2, 0) is 14.3 Å². The van der Waals surface area contributed by atoms with E-state index in [9.17, 15) is 9.59 Å². The van der Waals surface area contributed by atoms with E-state index in [-0.39, 0.29) is 18.0 Å². The van der Waals surface area contributed by atoms with Crippen LogP contribution in [0.1, 0.15) is 30.6 Å². The lowest BCUT2D eigenvalue weighted by Crippen LogP contribution is -2.25. The van der Waals surface area contributed by atoms with E-state index in [1.807, 2.05) is 26.0 Å². The Hall–Kier alpha value is -1.62. The summed E-state index contributed by atoms with van der Waals surface area (Å²) in [7, 11) is 0. The highest BCUT2D eigenvalue weighted by molar-refractivity contribution is 9.10. The van der Waals surface area contributed by atoms with Crippen LogP contribution >= 0.6 is 15.9 Å². The van der Waals surface area contributed by atoms with E-state index < -0.39 is 11.4 Å². The molecule has 2 aliphatic rings. The van der Waals surface area contributed by atoms with E-state index in [1.54, 1.807) is 18.2 Å². The molecule has 3 rings (SSSR count). The van der Waals surface area contributed by atoms with Gasteiger partial charge in [-0.25, -0.2) is 4.79 Å². The van der Waals surface area contributed by atoms with Gasteiger partial charge < -0.3 is 9.47 Å². The highest BCUT2D eigenvalue weighted by Gasteiger charge is 2.53. The Morgan fingerprint density at radius 2 is 2.10 bits per heavy atom. The molecule has 0 N–H and O–H groups in total. The molecule has 1 aliphatic carbocycles. The summed E-state index contributed by atoms with van der Waals surface area (Å²) in [6.45, 7) is 3.71. The lowest BCUT2D eigenvalue weighted by molar-refractivity contribution is -0.147. The molecule has 0 unspecified atom stereocenters. The first-order chi connectivity index (χ1) is 9.89. The third-order valence-electron chi connectivity index (χ3n) is 4.10. The standard InChI is InChI=1S/C16H15BrO4/c1-16(2)11-7-9(8-13(11)21-15(16)19)20-14(18)10-5-3-4-6-12(10)17/h3-7,11,13H,8H2,1-2H3/t11-,13+/m0/s1. The molecule has 1 aromatic rings. The number of fused-ring (bicyclic) bond motifs is 1. The lowest BCUT2D eigenvalue weighted by Gasteiger charge is -2.17. The molecule has 0 bridgehead atoms. The second-order valence-electron chi connectivity index (χ2n) is 5.90. The molecular formula is C16H15BrO4. The predicted molar refractivity (Wildman–Crippen MR) is 79.4 cm³/mol. The third kappa shape index (κ3) is 2.39. The van der Waals surface area contributed by atoms with E-state index in [0.29, 0.717) is 22.2 Å². The van der Waals surface area contributed by atoms with Crippen molar-refractivity contribution in [3.63, 3.8) is 0 Å². The minimum absolute atomic E-state index is 0.0352. The zero-order valence-corrected chi connectivity index (χ0v) is 13.3. The molecule has 4 nitrogen and oxygen atoms in total. The Kier molecular flexibility index (Phi) is 3.40. The number of carbonyl (C=O) groups excluding carboxylic acids is 2. The molecule has 1 aliphatic heterocycles. The molecule has 5 heteroatoms. The van der Waals surface area contributed by atoms with E-state index >= 15 is 0 Å². The van der Waals surface area contributed by atoms with Gasteiger partial charge in [-0.15, -0.1) is 0 Å². The van der Waals surface area contributed by atoms with Crippen LogP contribution in [0.15, 0.2) is 40.6 Å². The summed E-state index contributed by atoms with van der Waals surface area (Å²) in [6, 6.07) is 7.11. The van der Waals surface area contributed by atoms with Gasteiger partial charge in [0.15, 0.2) is 0 Å². The van der Waals surface area contributed by atoms with Crippen LogP contribution in [-0.4, -0.2) is 18.0 Å². The Balaban J connectivity index is 1.76. The molecule has 0 radical (unpaired) electrons. The minimum Gasteiger partial charge on any atom is -0.461 e. The summed E-state index contributed by atoms with van der Waals surface area (Å²) in [4.78, 5) is 23.9. The van der Waals surface area contributed by atoms with E-state index in [1.165, 1.54) is 0 Å². The van der Waals surface area contributed by atoms with Gasteiger partial charge in [0.2, 0.25) is 0 Å². The second-order valence-corrected chi connectivity index (χ2v) is 6.75. The fraction of sp³-hybridized carbons (Fsp3) is 0.375. The van der Waals surface area contributed by atoms with Crippen LogP contribution in [0.2, 0.25) is 0 Å². The Bertz CT molecular complexity index is 647. The summed E-state index contributed by atoms with van der Waals surface area (Å²) in [5.74, 6) is -0.0545. The molecule has 110 valence electrons. The number of benzene rings is 1. The molecule has 0 aromatic heterocycles. The maximum Gasteiger partial charge on any atom is 0.344 e. The van der Waals surface area contributed by atoms with Crippen LogP contribution in [0.5, 0.6) is 0 Å². The van der Waals surface area contributed by atoms with Crippen molar-refractivity contribution >= 4 is 27.9 Å². The summed E-state index contributed by atoms with van der Waals surface area (Å²) < 4.78 is 11.5. The van der Waals surface area contributed by atoms with E-state index in [0.717, 1.165) is 0 Å². The van der Waals surface area contributed by atoms with Gasteiger partial charge in [0.25, 0.3) is 0 Å². The van der Waals surface area contributed by atoms with E-state index in [2.05, 4.69) is 15.9 Å². The number of halogens is 1. The summed E-state index contributed by atoms with van der Waals surface area (Å²) in [6.07, 6.45) is 2.09. The monoisotopic (exact) mass is 350 g/mol. The number of hydrogen-bond donors (Lipinski definition) is 0. The molecule has 2 atom stereocenters. The zero-order valence-electron chi connectivity index (χ0n) is 11.8. The van der Waals surface area contributed by atoms with Gasteiger partial charge in [0.1, 0.15) is 11.9 Å². The van der Waals surface area contributed by atoms with E-state index in [4.69, 9.17) is 9.47 Å². The molecule has 21 heavy (non-hydrogen) atoms. The Morgan fingerprint density at radius 1 is 1.38 bits per heavy atom. The van der Waals surface area contributed by atoms with Gasteiger partial charge in [0, 0.05) is 16.8 Å². The third-order valence-corrected chi connectivity index (χ3v) is 4.80. The van der Waals surface area contributed by atoms with Crippen molar-refractivity contribution in [1.82, 2.24) is 0 Å². The maximum atomic E-state index is 12.2. The van der Waals surface area contributed by atoms with Crippen molar-refractivity contribution in [2.24, 2.45) is 11.3 Å². The first kappa shape index (κ1) is 14.3. The summed E-state index contributed by atoms with van der Waals surface area (Å²) in [5, 5.41) is 0. The van der Waals surface area contributed by atoms with Crippen LogP contribution in [0.3, 0.4) is 0 Å². The molecule has 1 heterocycles. The number of hydrogen-bond acceptors (Lipinski definition) is 4. The van der Waals surface area contributed by atoms with Crippen LogP contribution in [0.25, 0.3) is 0 Å². The average molecular weight is 351 g/mol. The molecule has 0 amide bonds. The first-order valence-corrected chi connectivity index (χ1v) is 7.57. The molecule has 0 saturated carbocycles. The smallest absolute Gasteiger partial charge is 0.344 e. The Morgan fingerprint density at radius 3 is 2.76 bits per heavy atom. The first-order valence-electron chi connectivity index (χ1n) is 6.78. The van der Waals surface area contributed by atoms with Crippen molar-refractivity contribution in [3.8, 4) is 0 Å². The van der Waals surface area contributed by atoms with Gasteiger partial charge in [-0.2, -0.15) is 0 Å².